The molecule has 2 aromatic rings. The number of anilines is 1. The van der Waals surface area contributed by atoms with Crippen molar-refractivity contribution in [3.8, 4) is 11.3 Å². The van der Waals surface area contributed by atoms with Crippen LogP contribution in [-0.2, 0) is 0 Å². The van der Waals surface area contributed by atoms with Crippen LogP contribution in [0.2, 0.25) is 0 Å². The standard InChI is InChI=1S/C15H20N4O/c1-10-8-13(11(2)20-10)14-5-6-17-15(18-14)19-7-3-4-12(19)9-16/h5-6,8,12H,3-4,7,9,16H2,1-2H3. The topological polar surface area (TPSA) is 68.2 Å². The molecule has 106 valence electrons. The maximum absolute atomic E-state index is 5.83. The Hall–Kier alpha value is -1.88. The zero-order valence-corrected chi connectivity index (χ0v) is 12.0. The second-order valence-electron chi connectivity index (χ2n) is 5.29. The first kappa shape index (κ1) is 13.1. The van der Waals surface area contributed by atoms with Crippen LogP contribution < -0.4 is 10.6 Å². The molecule has 0 saturated carbocycles. The summed E-state index contributed by atoms with van der Waals surface area (Å²) in [4.78, 5) is 11.3. The summed E-state index contributed by atoms with van der Waals surface area (Å²) in [5.74, 6) is 2.57. The van der Waals surface area contributed by atoms with E-state index in [4.69, 9.17) is 15.1 Å². The van der Waals surface area contributed by atoms with Crippen LogP contribution in [0.5, 0.6) is 0 Å². The summed E-state index contributed by atoms with van der Waals surface area (Å²) in [6, 6.07) is 4.30. The summed E-state index contributed by atoms with van der Waals surface area (Å²) in [6.45, 7) is 5.54. The van der Waals surface area contributed by atoms with E-state index in [2.05, 4.69) is 9.88 Å². The molecule has 3 heterocycles. The second kappa shape index (κ2) is 5.25. The fourth-order valence-electron chi connectivity index (χ4n) is 2.87. The van der Waals surface area contributed by atoms with Crippen molar-refractivity contribution in [1.82, 2.24) is 9.97 Å². The van der Waals surface area contributed by atoms with Gasteiger partial charge in [-0.1, -0.05) is 0 Å². The van der Waals surface area contributed by atoms with Crippen LogP contribution in [0.4, 0.5) is 5.95 Å². The summed E-state index contributed by atoms with van der Waals surface area (Å²) in [7, 11) is 0. The van der Waals surface area contributed by atoms with E-state index in [0.29, 0.717) is 12.6 Å². The van der Waals surface area contributed by atoms with Gasteiger partial charge in [0.25, 0.3) is 0 Å². The molecule has 5 heteroatoms. The van der Waals surface area contributed by atoms with Gasteiger partial charge in [-0.2, -0.15) is 0 Å². The number of nitrogens with zero attached hydrogens (tertiary/aromatic N) is 3. The second-order valence-corrected chi connectivity index (χ2v) is 5.29. The normalized spacial score (nSPS) is 18.8. The zero-order valence-electron chi connectivity index (χ0n) is 12.0. The van der Waals surface area contributed by atoms with Gasteiger partial charge >= 0.3 is 0 Å². The van der Waals surface area contributed by atoms with E-state index in [1.807, 2.05) is 32.2 Å². The Bertz CT molecular complexity index is 608. The fraction of sp³-hybridized carbons (Fsp3) is 0.467. The lowest BCUT2D eigenvalue weighted by molar-refractivity contribution is 0.505. The number of furan rings is 1. The summed E-state index contributed by atoms with van der Waals surface area (Å²) in [6.07, 6.45) is 4.08. The molecule has 1 atom stereocenters. The maximum Gasteiger partial charge on any atom is 0.226 e. The summed E-state index contributed by atoms with van der Waals surface area (Å²) < 4.78 is 5.58. The van der Waals surface area contributed by atoms with Gasteiger partial charge in [0.05, 0.1) is 5.69 Å². The third-order valence-electron chi connectivity index (χ3n) is 3.87. The van der Waals surface area contributed by atoms with Gasteiger partial charge in [0, 0.05) is 30.9 Å². The highest BCUT2D eigenvalue weighted by molar-refractivity contribution is 5.63. The van der Waals surface area contributed by atoms with Crippen molar-refractivity contribution < 1.29 is 4.42 Å². The van der Waals surface area contributed by atoms with Crippen LogP contribution in [-0.4, -0.2) is 29.1 Å². The first-order valence-corrected chi connectivity index (χ1v) is 7.06. The fourth-order valence-corrected chi connectivity index (χ4v) is 2.87. The molecule has 2 N–H and O–H groups in total. The van der Waals surface area contributed by atoms with Crippen LogP contribution in [0, 0.1) is 13.8 Å². The molecule has 1 aliphatic heterocycles. The first-order valence-electron chi connectivity index (χ1n) is 7.06. The van der Waals surface area contributed by atoms with Crippen LogP contribution in [0.3, 0.4) is 0 Å². The molecule has 0 radical (unpaired) electrons. The lowest BCUT2D eigenvalue weighted by Crippen LogP contribution is -2.36. The molecule has 1 unspecified atom stereocenters. The lowest BCUT2D eigenvalue weighted by Gasteiger charge is -2.23. The van der Waals surface area contributed by atoms with Crippen LogP contribution >= 0.6 is 0 Å². The molecule has 2 aromatic heterocycles. The van der Waals surface area contributed by atoms with Gasteiger partial charge in [0.2, 0.25) is 5.95 Å². The van der Waals surface area contributed by atoms with Crippen molar-refractivity contribution in [2.45, 2.75) is 32.7 Å². The van der Waals surface area contributed by atoms with E-state index in [1.54, 1.807) is 0 Å². The molecule has 1 saturated heterocycles. The van der Waals surface area contributed by atoms with Gasteiger partial charge in [0.1, 0.15) is 11.5 Å². The Labute approximate surface area is 118 Å². The zero-order chi connectivity index (χ0) is 14.1. The van der Waals surface area contributed by atoms with Gasteiger partial charge in [-0.15, -0.1) is 0 Å². The van der Waals surface area contributed by atoms with Crippen molar-refractivity contribution in [3.05, 3.63) is 29.9 Å². The molecule has 0 aliphatic carbocycles. The summed E-state index contributed by atoms with van der Waals surface area (Å²) >= 11 is 0. The highest BCUT2D eigenvalue weighted by atomic mass is 16.3. The molecular weight excluding hydrogens is 252 g/mol. The molecular formula is C15H20N4O. The minimum Gasteiger partial charge on any atom is -0.466 e. The summed E-state index contributed by atoms with van der Waals surface area (Å²) in [5.41, 5.74) is 7.77. The van der Waals surface area contributed by atoms with E-state index in [9.17, 15) is 0 Å². The minimum absolute atomic E-state index is 0.359. The molecule has 20 heavy (non-hydrogen) atoms. The van der Waals surface area contributed by atoms with Crippen molar-refractivity contribution in [2.24, 2.45) is 5.73 Å². The first-order chi connectivity index (χ1) is 9.69. The Balaban J connectivity index is 1.95. The average molecular weight is 272 g/mol. The minimum atomic E-state index is 0.359. The number of hydrogen-bond donors (Lipinski definition) is 1. The number of nitrogens with two attached hydrogens (primary N) is 1. The highest BCUT2D eigenvalue weighted by Crippen LogP contribution is 2.27. The molecule has 3 rings (SSSR count). The summed E-state index contributed by atoms with van der Waals surface area (Å²) in [5, 5.41) is 0. The Morgan fingerprint density at radius 3 is 3.00 bits per heavy atom. The van der Waals surface area contributed by atoms with Crippen molar-refractivity contribution in [2.75, 3.05) is 18.0 Å². The molecule has 0 bridgehead atoms. The van der Waals surface area contributed by atoms with E-state index in [1.165, 1.54) is 0 Å². The maximum atomic E-state index is 5.83. The van der Waals surface area contributed by atoms with Gasteiger partial charge in [-0.05, 0) is 38.8 Å². The SMILES string of the molecule is Cc1cc(-c2ccnc(N3CCCC3CN)n2)c(C)o1. The van der Waals surface area contributed by atoms with E-state index in [0.717, 1.165) is 48.1 Å². The number of hydrogen-bond acceptors (Lipinski definition) is 5. The molecule has 5 nitrogen and oxygen atoms in total. The largest absolute Gasteiger partial charge is 0.466 e. The number of aryl methyl sites for hydroxylation is 2. The van der Waals surface area contributed by atoms with Crippen molar-refractivity contribution in [3.63, 3.8) is 0 Å². The van der Waals surface area contributed by atoms with Crippen LogP contribution in [0.1, 0.15) is 24.4 Å². The Kier molecular flexibility index (Phi) is 3.44. The molecule has 1 fully saturated rings. The number of rotatable bonds is 3. The Morgan fingerprint density at radius 1 is 1.45 bits per heavy atom. The molecule has 0 amide bonds. The quantitative estimate of drug-likeness (QED) is 0.928. The lowest BCUT2D eigenvalue weighted by atomic mass is 10.2. The molecule has 1 aliphatic rings. The van der Waals surface area contributed by atoms with Gasteiger partial charge in [0.15, 0.2) is 0 Å². The van der Waals surface area contributed by atoms with Crippen molar-refractivity contribution >= 4 is 5.95 Å². The molecule has 0 aromatic carbocycles. The predicted octanol–water partition coefficient (Wildman–Crippen LogP) is 2.28. The average Bonchev–Trinajstić information content (AvgIpc) is 3.05. The van der Waals surface area contributed by atoms with E-state index >= 15 is 0 Å². The van der Waals surface area contributed by atoms with Crippen LogP contribution in [0.15, 0.2) is 22.7 Å². The van der Waals surface area contributed by atoms with Gasteiger partial charge in [-0.3, -0.25) is 0 Å². The number of aromatic nitrogens is 2. The third kappa shape index (κ3) is 2.29. The molecule has 0 spiro atoms. The van der Waals surface area contributed by atoms with Gasteiger partial charge < -0.3 is 15.1 Å². The smallest absolute Gasteiger partial charge is 0.226 e. The predicted molar refractivity (Wildman–Crippen MR) is 78.6 cm³/mol. The van der Waals surface area contributed by atoms with E-state index < -0.39 is 0 Å². The van der Waals surface area contributed by atoms with Crippen LogP contribution in [0.25, 0.3) is 11.3 Å². The highest BCUT2D eigenvalue weighted by Gasteiger charge is 2.25. The monoisotopic (exact) mass is 272 g/mol. The van der Waals surface area contributed by atoms with Crippen molar-refractivity contribution in [1.29, 1.82) is 0 Å². The van der Waals surface area contributed by atoms with E-state index in [-0.39, 0.29) is 0 Å². The van der Waals surface area contributed by atoms with Gasteiger partial charge in [-0.25, -0.2) is 9.97 Å². The third-order valence-corrected chi connectivity index (χ3v) is 3.87. The Morgan fingerprint density at radius 2 is 2.30 bits per heavy atom.